The van der Waals surface area contributed by atoms with Gasteiger partial charge in [-0.1, -0.05) is 6.07 Å². The molecule has 0 spiro atoms. The van der Waals surface area contributed by atoms with Gasteiger partial charge in [-0.2, -0.15) is 5.26 Å². The molecular weight excluding hydrogens is 269 g/mol. The zero-order valence-electron chi connectivity index (χ0n) is 10.2. The van der Waals surface area contributed by atoms with E-state index in [1.807, 2.05) is 6.07 Å². The molecule has 0 amide bonds. The first kappa shape index (κ1) is 18.1. The third kappa shape index (κ3) is 8.24. The van der Waals surface area contributed by atoms with Crippen molar-refractivity contribution in [3.8, 4) is 6.07 Å². The Morgan fingerprint density at radius 2 is 2.11 bits per heavy atom. The van der Waals surface area contributed by atoms with E-state index in [4.69, 9.17) is 5.26 Å². The Morgan fingerprint density at radius 1 is 1.39 bits per heavy atom. The first-order valence-electron chi connectivity index (χ1n) is 5.20. The zero-order chi connectivity index (χ0) is 12.7. The van der Waals surface area contributed by atoms with Crippen LogP contribution in [0, 0.1) is 11.3 Å². The summed E-state index contributed by atoms with van der Waals surface area (Å²) in [6.07, 6.45) is 2.24. The number of halogens is 3. The van der Waals surface area contributed by atoms with Crippen LogP contribution in [0.4, 0.5) is 12.9 Å². The SMILES string of the molecule is N#CCCN(Cc1cccnc1)C[B-](F)(F)F.[K+]. The maximum Gasteiger partial charge on any atom is 1.00 e. The molecule has 92 valence electrons. The van der Waals surface area contributed by atoms with Gasteiger partial charge in [-0.15, -0.1) is 0 Å². The van der Waals surface area contributed by atoms with Gasteiger partial charge in [0.15, 0.2) is 0 Å². The third-order valence-corrected chi connectivity index (χ3v) is 2.13. The number of hydrogen-bond donors (Lipinski definition) is 0. The van der Waals surface area contributed by atoms with Crippen molar-refractivity contribution in [1.82, 2.24) is 9.88 Å². The minimum atomic E-state index is -4.87. The van der Waals surface area contributed by atoms with Gasteiger partial charge in [0.25, 0.3) is 0 Å². The molecule has 0 aliphatic rings. The standard InChI is InChI=1S/C10H12BF3N3.K/c12-11(13,14)9-17(6-2-4-15)8-10-3-1-5-16-7-10;/h1,3,5,7H,2,6,8-9H2;/q-1;+1. The Labute approximate surface area is 147 Å². The maximum atomic E-state index is 12.4. The van der Waals surface area contributed by atoms with E-state index in [1.54, 1.807) is 18.3 Å². The second-order valence-corrected chi connectivity index (χ2v) is 3.71. The molecule has 0 fully saturated rings. The molecule has 0 saturated carbocycles. The van der Waals surface area contributed by atoms with Crippen LogP contribution >= 0.6 is 0 Å². The molecule has 1 heterocycles. The van der Waals surface area contributed by atoms with Crippen LogP contribution in [0.1, 0.15) is 12.0 Å². The monoisotopic (exact) mass is 281 g/mol. The van der Waals surface area contributed by atoms with E-state index >= 15 is 0 Å². The van der Waals surface area contributed by atoms with Gasteiger partial charge >= 0.3 is 58.4 Å². The number of pyridine rings is 1. The van der Waals surface area contributed by atoms with E-state index in [-0.39, 0.29) is 70.9 Å². The molecule has 1 aromatic rings. The summed E-state index contributed by atoms with van der Waals surface area (Å²) < 4.78 is 37.1. The smallest absolute Gasteiger partial charge is 0.448 e. The first-order valence-corrected chi connectivity index (χ1v) is 5.20. The van der Waals surface area contributed by atoms with Crippen molar-refractivity contribution in [2.45, 2.75) is 13.0 Å². The molecule has 0 aromatic carbocycles. The molecule has 0 aliphatic heterocycles. The van der Waals surface area contributed by atoms with Crippen LogP contribution in [0.25, 0.3) is 0 Å². The number of rotatable bonds is 6. The second-order valence-electron chi connectivity index (χ2n) is 3.71. The van der Waals surface area contributed by atoms with Gasteiger partial charge in [0.05, 0.1) is 6.07 Å². The fraction of sp³-hybridized carbons (Fsp3) is 0.400. The zero-order valence-corrected chi connectivity index (χ0v) is 13.3. The summed E-state index contributed by atoms with van der Waals surface area (Å²) in [5.41, 5.74) is 0.713. The van der Waals surface area contributed by atoms with Crippen molar-refractivity contribution in [3.63, 3.8) is 0 Å². The van der Waals surface area contributed by atoms with Crippen molar-refractivity contribution in [3.05, 3.63) is 30.1 Å². The van der Waals surface area contributed by atoms with Crippen LogP contribution in [0.3, 0.4) is 0 Å². The second kappa shape index (κ2) is 9.07. The summed E-state index contributed by atoms with van der Waals surface area (Å²) in [7, 11) is 0. The van der Waals surface area contributed by atoms with Gasteiger partial charge < -0.3 is 17.8 Å². The largest absolute Gasteiger partial charge is 1.00 e. The summed E-state index contributed by atoms with van der Waals surface area (Å²) >= 11 is 0. The topological polar surface area (TPSA) is 39.9 Å². The van der Waals surface area contributed by atoms with Crippen LogP contribution < -0.4 is 51.4 Å². The number of nitrogens with zero attached hydrogens (tertiary/aromatic N) is 3. The molecule has 8 heteroatoms. The molecule has 0 bridgehead atoms. The molecule has 18 heavy (non-hydrogen) atoms. The van der Waals surface area contributed by atoms with E-state index in [0.717, 1.165) is 0 Å². The molecule has 0 unspecified atom stereocenters. The van der Waals surface area contributed by atoms with Gasteiger partial charge in [-0.25, -0.2) is 0 Å². The van der Waals surface area contributed by atoms with Gasteiger partial charge in [-0.3, -0.25) is 4.98 Å². The summed E-state index contributed by atoms with van der Waals surface area (Å²) in [5, 5.41) is 8.41. The Hall–Kier alpha value is 0.0913. The van der Waals surface area contributed by atoms with Crippen molar-refractivity contribution in [2.75, 3.05) is 13.0 Å². The van der Waals surface area contributed by atoms with Crippen LogP contribution in [-0.4, -0.2) is 29.9 Å². The molecule has 0 N–H and O–H groups in total. The van der Waals surface area contributed by atoms with Gasteiger partial charge in [-0.05, 0) is 18.1 Å². The fourth-order valence-corrected chi connectivity index (χ4v) is 1.49. The van der Waals surface area contributed by atoms with Crippen molar-refractivity contribution >= 4 is 6.98 Å². The molecule has 0 aliphatic carbocycles. The number of nitriles is 1. The quantitative estimate of drug-likeness (QED) is 0.640. The number of aromatic nitrogens is 1. The van der Waals surface area contributed by atoms with Gasteiger partial charge in [0.1, 0.15) is 0 Å². The molecule has 0 atom stereocenters. The van der Waals surface area contributed by atoms with E-state index in [9.17, 15) is 12.9 Å². The summed E-state index contributed by atoms with van der Waals surface area (Å²) in [5.74, 6) is 0. The Bertz CT molecular complexity index is 380. The average Bonchev–Trinajstić information content (AvgIpc) is 2.25. The van der Waals surface area contributed by atoms with Gasteiger partial charge in [0.2, 0.25) is 0 Å². The summed E-state index contributed by atoms with van der Waals surface area (Å²) in [6.45, 7) is -4.59. The summed E-state index contributed by atoms with van der Waals surface area (Å²) in [4.78, 5) is 5.07. The predicted octanol–water partition coefficient (Wildman–Crippen LogP) is -0.812. The minimum absolute atomic E-state index is 0. The molecule has 0 radical (unpaired) electrons. The van der Waals surface area contributed by atoms with Gasteiger partial charge in [0, 0.05) is 31.9 Å². The van der Waals surface area contributed by atoms with E-state index in [2.05, 4.69) is 4.98 Å². The Kier molecular flexibility index (Phi) is 9.11. The van der Waals surface area contributed by atoms with Crippen molar-refractivity contribution in [2.24, 2.45) is 0 Å². The first-order chi connectivity index (χ1) is 8.01. The minimum Gasteiger partial charge on any atom is -0.448 e. The molecule has 0 saturated heterocycles. The van der Waals surface area contributed by atoms with Crippen molar-refractivity contribution < 1.29 is 64.3 Å². The average molecular weight is 281 g/mol. The summed E-state index contributed by atoms with van der Waals surface area (Å²) in [6, 6.07) is 5.25. The Morgan fingerprint density at radius 3 is 2.61 bits per heavy atom. The van der Waals surface area contributed by atoms with Crippen LogP contribution in [-0.2, 0) is 6.54 Å². The third-order valence-electron chi connectivity index (χ3n) is 2.13. The molecule has 3 nitrogen and oxygen atoms in total. The Balaban J connectivity index is 0.00000289. The molecule has 1 aromatic heterocycles. The molecular formula is C10H12BF3KN3. The number of hydrogen-bond acceptors (Lipinski definition) is 3. The van der Waals surface area contributed by atoms with E-state index in [1.165, 1.54) is 11.1 Å². The molecule has 1 rings (SSSR count). The maximum absolute atomic E-state index is 12.4. The van der Waals surface area contributed by atoms with Crippen LogP contribution in [0.2, 0.25) is 0 Å². The van der Waals surface area contributed by atoms with Crippen molar-refractivity contribution in [1.29, 1.82) is 5.26 Å². The fourth-order valence-electron chi connectivity index (χ4n) is 1.49. The van der Waals surface area contributed by atoms with E-state index in [0.29, 0.717) is 5.56 Å². The van der Waals surface area contributed by atoms with Crippen LogP contribution in [0.5, 0.6) is 0 Å². The normalized spacial score (nSPS) is 10.8. The van der Waals surface area contributed by atoms with E-state index < -0.39 is 13.4 Å². The van der Waals surface area contributed by atoms with Crippen LogP contribution in [0.15, 0.2) is 24.5 Å². The predicted molar refractivity (Wildman–Crippen MR) is 58.8 cm³/mol.